The molecule has 2 amide bonds. The zero-order chi connectivity index (χ0) is 15.8. The van der Waals surface area contributed by atoms with E-state index in [1.54, 1.807) is 13.1 Å². The Morgan fingerprint density at radius 2 is 2.00 bits per heavy atom. The monoisotopic (exact) mass is 313 g/mol. The van der Waals surface area contributed by atoms with Gasteiger partial charge in [-0.05, 0) is 26.7 Å². The molecule has 1 aromatic rings. The molecule has 0 saturated heterocycles. The number of hydrogen-bond donors (Lipinski definition) is 3. The summed E-state index contributed by atoms with van der Waals surface area (Å²) in [5.41, 5.74) is 0. The first-order valence-corrected chi connectivity index (χ1v) is 7.97. The van der Waals surface area contributed by atoms with Crippen molar-refractivity contribution in [3.8, 4) is 0 Å². The van der Waals surface area contributed by atoms with Gasteiger partial charge in [0.25, 0.3) is 0 Å². The molecule has 0 fully saturated rings. The molecule has 6 nitrogen and oxygen atoms in total. The van der Waals surface area contributed by atoms with Gasteiger partial charge in [-0.3, -0.25) is 4.79 Å². The van der Waals surface area contributed by atoms with Crippen LogP contribution in [0.3, 0.4) is 0 Å². The van der Waals surface area contributed by atoms with E-state index in [2.05, 4.69) is 15.6 Å². The lowest BCUT2D eigenvalue weighted by atomic mass is 10.0. The molecule has 1 rings (SSSR count). The van der Waals surface area contributed by atoms with E-state index in [-0.39, 0.29) is 24.0 Å². The van der Waals surface area contributed by atoms with Gasteiger partial charge in [0.2, 0.25) is 0 Å². The zero-order valence-electron chi connectivity index (χ0n) is 12.6. The minimum Gasteiger partial charge on any atom is -0.481 e. The summed E-state index contributed by atoms with van der Waals surface area (Å²) < 4.78 is 0. The molecule has 0 bridgehead atoms. The lowest BCUT2D eigenvalue weighted by molar-refractivity contribution is -0.141. The number of thiazole rings is 1. The minimum atomic E-state index is -0.773. The highest BCUT2D eigenvalue weighted by molar-refractivity contribution is 7.09. The normalized spacial score (nSPS) is 15.0. The van der Waals surface area contributed by atoms with Gasteiger partial charge in [-0.25, -0.2) is 9.78 Å². The number of aromatic nitrogens is 1. The standard InChI is InChI=1S/C14H23N3O3S/c1-9(13(18)19)5-4-6-10(2)16-14(20)17-11(3)12-15-7-8-21-12/h7-11H,4-6H2,1-3H3,(H,18,19)(H2,16,17,20). The average molecular weight is 313 g/mol. The fourth-order valence-corrected chi connectivity index (χ4v) is 2.54. The molecule has 0 aliphatic carbocycles. The second kappa shape index (κ2) is 8.61. The van der Waals surface area contributed by atoms with Crippen LogP contribution in [0.5, 0.6) is 0 Å². The Morgan fingerprint density at radius 1 is 1.29 bits per heavy atom. The molecule has 3 atom stereocenters. The van der Waals surface area contributed by atoms with E-state index < -0.39 is 5.97 Å². The molecule has 3 unspecified atom stereocenters. The number of carbonyl (C=O) groups is 2. The smallest absolute Gasteiger partial charge is 0.315 e. The molecule has 7 heteroatoms. The molecule has 0 aromatic carbocycles. The van der Waals surface area contributed by atoms with Crippen molar-refractivity contribution < 1.29 is 14.7 Å². The largest absolute Gasteiger partial charge is 0.481 e. The van der Waals surface area contributed by atoms with Crippen molar-refractivity contribution in [3.63, 3.8) is 0 Å². The van der Waals surface area contributed by atoms with Gasteiger partial charge in [0, 0.05) is 17.6 Å². The maximum atomic E-state index is 11.8. The number of rotatable bonds is 8. The van der Waals surface area contributed by atoms with E-state index in [0.29, 0.717) is 6.42 Å². The predicted molar refractivity (Wildman–Crippen MR) is 82.3 cm³/mol. The molecule has 0 aliphatic rings. The fourth-order valence-electron chi connectivity index (χ4n) is 1.90. The Morgan fingerprint density at radius 3 is 2.57 bits per heavy atom. The third-order valence-electron chi connectivity index (χ3n) is 3.24. The van der Waals surface area contributed by atoms with E-state index in [9.17, 15) is 9.59 Å². The van der Waals surface area contributed by atoms with Crippen molar-refractivity contribution in [2.45, 2.75) is 52.1 Å². The topological polar surface area (TPSA) is 91.3 Å². The quantitative estimate of drug-likeness (QED) is 0.688. The van der Waals surface area contributed by atoms with Crippen molar-refractivity contribution in [2.75, 3.05) is 0 Å². The second-order valence-corrected chi connectivity index (χ2v) is 6.21. The van der Waals surface area contributed by atoms with Crippen LogP contribution in [0, 0.1) is 5.92 Å². The van der Waals surface area contributed by atoms with Gasteiger partial charge >= 0.3 is 12.0 Å². The van der Waals surface area contributed by atoms with Crippen LogP contribution < -0.4 is 10.6 Å². The van der Waals surface area contributed by atoms with Gasteiger partial charge in [0.05, 0.1) is 12.0 Å². The molecule has 21 heavy (non-hydrogen) atoms. The third kappa shape index (κ3) is 6.57. The Hall–Kier alpha value is -1.63. The molecule has 0 spiro atoms. The number of urea groups is 1. The van der Waals surface area contributed by atoms with Crippen LogP contribution in [0.1, 0.15) is 51.1 Å². The van der Waals surface area contributed by atoms with Crippen molar-refractivity contribution in [2.24, 2.45) is 5.92 Å². The number of nitrogens with one attached hydrogen (secondary N) is 2. The summed E-state index contributed by atoms with van der Waals surface area (Å²) in [7, 11) is 0. The number of amides is 2. The Labute approximate surface area is 129 Å². The van der Waals surface area contributed by atoms with Crippen molar-refractivity contribution in [1.82, 2.24) is 15.6 Å². The average Bonchev–Trinajstić information content (AvgIpc) is 2.91. The van der Waals surface area contributed by atoms with E-state index >= 15 is 0 Å². The minimum absolute atomic E-state index is 0.00879. The van der Waals surface area contributed by atoms with Crippen LogP contribution in [0.2, 0.25) is 0 Å². The van der Waals surface area contributed by atoms with Crippen LogP contribution >= 0.6 is 11.3 Å². The summed E-state index contributed by atoms with van der Waals surface area (Å²) in [5, 5.41) is 17.2. The van der Waals surface area contributed by atoms with Crippen LogP contribution in [-0.4, -0.2) is 28.1 Å². The van der Waals surface area contributed by atoms with E-state index in [4.69, 9.17) is 5.11 Å². The maximum Gasteiger partial charge on any atom is 0.315 e. The first-order chi connectivity index (χ1) is 9.90. The highest BCUT2D eigenvalue weighted by Crippen LogP contribution is 2.14. The Balaban J connectivity index is 2.23. The number of hydrogen-bond acceptors (Lipinski definition) is 4. The SMILES string of the molecule is CC(CCCC(C)C(=O)O)NC(=O)NC(C)c1nccs1. The van der Waals surface area contributed by atoms with Gasteiger partial charge in [0.1, 0.15) is 5.01 Å². The van der Waals surface area contributed by atoms with Crippen molar-refractivity contribution in [3.05, 3.63) is 16.6 Å². The molecular formula is C14H23N3O3S. The van der Waals surface area contributed by atoms with Crippen molar-refractivity contribution in [1.29, 1.82) is 0 Å². The van der Waals surface area contributed by atoms with Crippen LogP contribution in [-0.2, 0) is 4.79 Å². The molecule has 0 aliphatic heterocycles. The number of nitrogens with zero attached hydrogens (tertiary/aromatic N) is 1. The number of carbonyl (C=O) groups excluding carboxylic acids is 1. The summed E-state index contributed by atoms with van der Waals surface area (Å²) in [6.45, 7) is 5.50. The van der Waals surface area contributed by atoms with E-state index in [0.717, 1.165) is 17.8 Å². The first kappa shape index (κ1) is 17.4. The first-order valence-electron chi connectivity index (χ1n) is 7.09. The summed E-state index contributed by atoms with van der Waals surface area (Å²) in [5.74, 6) is -1.11. The van der Waals surface area contributed by atoms with Gasteiger partial charge in [-0.15, -0.1) is 11.3 Å². The molecule has 1 aromatic heterocycles. The molecular weight excluding hydrogens is 290 g/mol. The van der Waals surface area contributed by atoms with Gasteiger partial charge in [-0.2, -0.15) is 0 Å². The third-order valence-corrected chi connectivity index (χ3v) is 4.20. The Bertz CT molecular complexity index is 450. The van der Waals surface area contributed by atoms with Gasteiger partial charge in [0.15, 0.2) is 0 Å². The van der Waals surface area contributed by atoms with E-state index in [1.807, 2.05) is 19.2 Å². The van der Waals surface area contributed by atoms with Crippen LogP contribution in [0.4, 0.5) is 4.79 Å². The predicted octanol–water partition coefficient (Wildman–Crippen LogP) is 2.78. The fraction of sp³-hybridized carbons (Fsp3) is 0.643. The summed E-state index contributed by atoms with van der Waals surface area (Å²) in [6.07, 6.45) is 3.87. The molecule has 0 saturated carbocycles. The number of aliphatic carboxylic acids is 1. The molecule has 1 heterocycles. The summed E-state index contributed by atoms with van der Waals surface area (Å²) in [6, 6.07) is -0.338. The maximum absolute atomic E-state index is 11.8. The lowest BCUT2D eigenvalue weighted by Gasteiger charge is -2.17. The highest BCUT2D eigenvalue weighted by Gasteiger charge is 2.14. The molecule has 0 radical (unpaired) electrons. The van der Waals surface area contributed by atoms with Crippen LogP contribution in [0.25, 0.3) is 0 Å². The number of carboxylic acid groups (broad SMARTS) is 1. The summed E-state index contributed by atoms with van der Waals surface area (Å²) >= 11 is 1.50. The summed E-state index contributed by atoms with van der Waals surface area (Å²) in [4.78, 5) is 26.7. The lowest BCUT2D eigenvalue weighted by Crippen LogP contribution is -2.41. The zero-order valence-corrected chi connectivity index (χ0v) is 13.4. The van der Waals surface area contributed by atoms with Gasteiger partial charge < -0.3 is 15.7 Å². The molecule has 118 valence electrons. The number of carboxylic acids is 1. The highest BCUT2D eigenvalue weighted by atomic mass is 32.1. The van der Waals surface area contributed by atoms with E-state index in [1.165, 1.54) is 11.3 Å². The van der Waals surface area contributed by atoms with Crippen LogP contribution in [0.15, 0.2) is 11.6 Å². The molecule has 3 N–H and O–H groups in total. The van der Waals surface area contributed by atoms with Gasteiger partial charge in [-0.1, -0.05) is 13.3 Å². The second-order valence-electron chi connectivity index (χ2n) is 5.28. The Kier molecular flexibility index (Phi) is 7.14. The van der Waals surface area contributed by atoms with Crippen molar-refractivity contribution >= 4 is 23.3 Å².